The van der Waals surface area contributed by atoms with Crippen LogP contribution in [0.2, 0.25) is 0 Å². The topological polar surface area (TPSA) is 83.0 Å². The summed E-state index contributed by atoms with van der Waals surface area (Å²) in [6.07, 6.45) is -4.44. The smallest absolute Gasteiger partial charge is 0.421 e. The molecule has 2 aromatic carbocycles. The molecular weight excluding hydrogens is 561 g/mol. The van der Waals surface area contributed by atoms with E-state index >= 15 is 0 Å². The van der Waals surface area contributed by atoms with Crippen LogP contribution in [0.25, 0.3) is 0 Å². The number of hydrogen-bond donors (Lipinski definition) is 1. The van der Waals surface area contributed by atoms with E-state index in [9.17, 15) is 36.6 Å². The van der Waals surface area contributed by atoms with Crippen molar-refractivity contribution in [3.63, 3.8) is 0 Å². The van der Waals surface area contributed by atoms with Crippen molar-refractivity contribution in [3.05, 3.63) is 82.5 Å². The highest BCUT2D eigenvalue weighted by molar-refractivity contribution is 6.09. The van der Waals surface area contributed by atoms with Crippen LogP contribution in [0.5, 0.6) is 11.6 Å². The summed E-state index contributed by atoms with van der Waals surface area (Å²) in [5.41, 5.74) is -0.0596. The molecule has 1 fully saturated rings. The van der Waals surface area contributed by atoms with E-state index in [-0.39, 0.29) is 55.0 Å². The van der Waals surface area contributed by atoms with Crippen LogP contribution < -0.4 is 9.64 Å². The third-order valence-corrected chi connectivity index (χ3v) is 6.91. The molecule has 0 spiro atoms. The van der Waals surface area contributed by atoms with Gasteiger partial charge in [-0.3, -0.25) is 9.69 Å². The summed E-state index contributed by atoms with van der Waals surface area (Å²) in [6.45, 7) is 5.36. The number of aromatic carboxylic acids is 1. The first-order valence-electron chi connectivity index (χ1n) is 13.3. The van der Waals surface area contributed by atoms with Gasteiger partial charge in [-0.2, -0.15) is 13.2 Å². The average Bonchev–Trinajstić information content (AvgIpc) is 2.91. The normalized spacial score (nSPS) is 15.5. The highest BCUT2D eigenvalue weighted by Gasteiger charge is 2.37. The van der Waals surface area contributed by atoms with Gasteiger partial charge < -0.3 is 14.7 Å². The number of anilines is 1. The third kappa shape index (κ3) is 7.22. The van der Waals surface area contributed by atoms with Crippen LogP contribution in [0.4, 0.5) is 27.6 Å². The molecule has 1 aliphatic heterocycles. The fraction of sp³-hybridized carbons (Fsp3) is 0.367. The van der Waals surface area contributed by atoms with E-state index in [0.29, 0.717) is 5.56 Å². The van der Waals surface area contributed by atoms with E-state index in [1.54, 1.807) is 43.0 Å². The number of carboxylic acid groups (broad SMARTS) is 1. The fourth-order valence-corrected chi connectivity index (χ4v) is 4.69. The molecule has 1 N–H and O–H groups in total. The van der Waals surface area contributed by atoms with E-state index in [0.717, 1.165) is 17.7 Å². The van der Waals surface area contributed by atoms with Gasteiger partial charge in [0.25, 0.3) is 11.8 Å². The molecule has 0 bridgehead atoms. The number of pyridine rings is 1. The van der Waals surface area contributed by atoms with Gasteiger partial charge in [0.2, 0.25) is 5.88 Å². The summed E-state index contributed by atoms with van der Waals surface area (Å²) in [5, 5.41) is 9.94. The van der Waals surface area contributed by atoms with Crippen molar-refractivity contribution in [1.82, 2.24) is 9.88 Å². The minimum Gasteiger partial charge on any atom is -0.478 e. The number of ether oxygens (including phenoxy) is 1. The molecule has 1 saturated heterocycles. The van der Waals surface area contributed by atoms with Crippen LogP contribution in [-0.4, -0.2) is 51.9 Å². The van der Waals surface area contributed by atoms with Crippen LogP contribution in [0, 0.1) is 6.92 Å². The molecule has 224 valence electrons. The summed E-state index contributed by atoms with van der Waals surface area (Å²) < 4.78 is 74.3. The minimum absolute atomic E-state index is 0.00431. The van der Waals surface area contributed by atoms with Crippen molar-refractivity contribution in [2.24, 2.45) is 0 Å². The van der Waals surface area contributed by atoms with Crippen molar-refractivity contribution in [1.29, 1.82) is 0 Å². The van der Waals surface area contributed by atoms with Gasteiger partial charge >= 0.3 is 12.1 Å². The number of halogens is 5. The zero-order valence-corrected chi connectivity index (χ0v) is 23.2. The largest absolute Gasteiger partial charge is 0.478 e. The maximum atomic E-state index is 14.0. The fourth-order valence-electron chi connectivity index (χ4n) is 4.69. The molecular formula is C30H30F5N3O4. The lowest BCUT2D eigenvalue weighted by atomic mass is 10.1. The van der Waals surface area contributed by atoms with Gasteiger partial charge in [0, 0.05) is 50.3 Å². The second-order valence-electron chi connectivity index (χ2n) is 10.5. The van der Waals surface area contributed by atoms with Gasteiger partial charge in [0.15, 0.2) is 0 Å². The summed E-state index contributed by atoms with van der Waals surface area (Å²) in [6, 6.07) is 10.8. The Balaban J connectivity index is 1.63. The molecule has 0 radical (unpaired) electrons. The van der Waals surface area contributed by atoms with E-state index in [1.807, 2.05) is 6.92 Å². The number of aryl methyl sites for hydroxylation is 1. The Kier molecular flexibility index (Phi) is 8.86. The number of carbonyl (C=O) groups is 2. The van der Waals surface area contributed by atoms with Gasteiger partial charge in [-0.15, -0.1) is 0 Å². The minimum atomic E-state index is -4.86. The summed E-state index contributed by atoms with van der Waals surface area (Å²) in [7, 11) is 0. The Morgan fingerprint density at radius 1 is 1.07 bits per heavy atom. The van der Waals surface area contributed by atoms with E-state index in [1.165, 1.54) is 23.2 Å². The first kappa shape index (κ1) is 30.9. The zero-order chi connectivity index (χ0) is 30.8. The van der Waals surface area contributed by atoms with Gasteiger partial charge in [-0.05, 0) is 62.7 Å². The van der Waals surface area contributed by atoms with Crippen LogP contribution in [0.3, 0.4) is 0 Å². The monoisotopic (exact) mass is 591 g/mol. The number of carbonyl (C=O) groups excluding carboxylic acids is 1. The third-order valence-electron chi connectivity index (χ3n) is 6.91. The number of benzene rings is 2. The lowest BCUT2D eigenvalue weighted by molar-refractivity contribution is -0.139. The van der Waals surface area contributed by atoms with Crippen molar-refractivity contribution >= 4 is 17.6 Å². The lowest BCUT2D eigenvalue weighted by Gasteiger charge is -2.31. The van der Waals surface area contributed by atoms with Crippen molar-refractivity contribution < 1.29 is 41.4 Å². The average molecular weight is 592 g/mol. The quantitative estimate of drug-likeness (QED) is 0.280. The number of rotatable bonds is 8. The predicted molar refractivity (Wildman–Crippen MR) is 145 cm³/mol. The number of piperidine rings is 1. The van der Waals surface area contributed by atoms with E-state index in [4.69, 9.17) is 4.74 Å². The summed E-state index contributed by atoms with van der Waals surface area (Å²) >= 11 is 0. The standard InChI is InChI=1S/C30H30F5N3O4/c1-18(2)38(27(39)21-6-4-19(3)5-7-21)25-9-8-22(15-23(25)28(40)41)42-26-24(30(33,34)35)14-20(16-36-26)17-37-12-10-29(31,32)11-13-37/h4-9,14-16,18H,10-13,17H2,1-3H3,(H,40,41). The highest BCUT2D eigenvalue weighted by Crippen LogP contribution is 2.39. The molecule has 7 nitrogen and oxygen atoms in total. The van der Waals surface area contributed by atoms with Gasteiger partial charge in [-0.1, -0.05) is 17.7 Å². The van der Waals surface area contributed by atoms with Crippen LogP contribution >= 0.6 is 0 Å². The van der Waals surface area contributed by atoms with Crippen LogP contribution in [0.1, 0.15) is 64.1 Å². The molecule has 0 saturated carbocycles. The first-order valence-corrected chi connectivity index (χ1v) is 13.3. The van der Waals surface area contributed by atoms with Crippen LogP contribution in [0.15, 0.2) is 54.7 Å². The molecule has 1 aromatic heterocycles. The second kappa shape index (κ2) is 12.0. The Labute approximate surface area is 239 Å². The number of hydrogen-bond acceptors (Lipinski definition) is 5. The number of aromatic nitrogens is 1. The van der Waals surface area contributed by atoms with E-state index in [2.05, 4.69) is 4.98 Å². The van der Waals surface area contributed by atoms with Gasteiger partial charge in [0.05, 0.1) is 11.3 Å². The second-order valence-corrected chi connectivity index (χ2v) is 10.5. The molecule has 42 heavy (non-hydrogen) atoms. The van der Waals surface area contributed by atoms with E-state index < -0.39 is 41.5 Å². The van der Waals surface area contributed by atoms with Crippen molar-refractivity contribution in [2.75, 3.05) is 18.0 Å². The van der Waals surface area contributed by atoms with Gasteiger partial charge in [-0.25, -0.2) is 18.6 Å². The molecule has 2 heterocycles. The Morgan fingerprint density at radius 2 is 1.71 bits per heavy atom. The molecule has 0 aliphatic carbocycles. The SMILES string of the molecule is Cc1ccc(C(=O)N(c2ccc(Oc3ncc(CN4CCC(F)(F)CC4)cc3C(F)(F)F)cc2C(=O)O)C(C)C)cc1. The Morgan fingerprint density at radius 3 is 2.29 bits per heavy atom. The van der Waals surface area contributed by atoms with Crippen molar-refractivity contribution in [2.45, 2.75) is 58.3 Å². The maximum Gasteiger partial charge on any atom is 0.421 e. The molecule has 3 aromatic rings. The molecule has 12 heteroatoms. The number of likely N-dealkylation sites (tertiary alicyclic amines) is 1. The lowest BCUT2D eigenvalue weighted by Crippen LogP contribution is -2.38. The Bertz CT molecular complexity index is 1450. The summed E-state index contributed by atoms with van der Waals surface area (Å²) in [5.74, 6) is -5.67. The zero-order valence-electron chi connectivity index (χ0n) is 23.2. The first-order chi connectivity index (χ1) is 19.6. The number of nitrogens with zero attached hydrogens (tertiary/aromatic N) is 3. The molecule has 1 aliphatic rings. The molecule has 1 amide bonds. The predicted octanol–water partition coefficient (Wildman–Crippen LogP) is 7.19. The van der Waals surface area contributed by atoms with Gasteiger partial charge in [0.1, 0.15) is 11.3 Å². The van der Waals surface area contributed by atoms with Crippen molar-refractivity contribution in [3.8, 4) is 11.6 Å². The number of amides is 1. The Hall–Kier alpha value is -4.06. The number of carboxylic acids is 1. The molecule has 4 rings (SSSR count). The number of alkyl halides is 5. The highest BCUT2D eigenvalue weighted by atomic mass is 19.4. The van der Waals surface area contributed by atoms with Crippen LogP contribution in [-0.2, 0) is 12.7 Å². The summed E-state index contributed by atoms with van der Waals surface area (Å²) in [4.78, 5) is 32.3. The maximum absolute atomic E-state index is 14.0. The molecule has 0 unspecified atom stereocenters. The molecule has 0 atom stereocenters.